The molecule has 1 fully saturated rings. The van der Waals surface area contributed by atoms with Crippen LogP contribution < -0.4 is 5.32 Å². The lowest BCUT2D eigenvalue weighted by molar-refractivity contribution is 0.0850. The van der Waals surface area contributed by atoms with Crippen molar-refractivity contribution in [2.45, 2.75) is 25.5 Å². The van der Waals surface area contributed by atoms with E-state index in [4.69, 9.17) is 20.9 Å². The number of hydrogen-bond donors (Lipinski definition) is 1. The van der Waals surface area contributed by atoms with Crippen molar-refractivity contribution in [2.75, 3.05) is 13.2 Å². The molecule has 7 nitrogen and oxygen atoms in total. The molecule has 27 heavy (non-hydrogen) atoms. The molecule has 0 spiro atoms. The van der Waals surface area contributed by atoms with Gasteiger partial charge in [0.25, 0.3) is 11.8 Å². The Bertz CT molecular complexity index is 913. The van der Waals surface area contributed by atoms with Gasteiger partial charge in [0, 0.05) is 29.9 Å². The fraction of sp³-hybridized carbons (Fsp3) is 0.316. The summed E-state index contributed by atoms with van der Waals surface area (Å²) in [5, 5.41) is 7.58. The first-order valence-electron chi connectivity index (χ1n) is 8.82. The highest BCUT2D eigenvalue weighted by Crippen LogP contribution is 2.20. The number of ether oxygens (including phenoxy) is 1. The van der Waals surface area contributed by atoms with Crippen LogP contribution in [0.3, 0.4) is 0 Å². The van der Waals surface area contributed by atoms with E-state index in [2.05, 4.69) is 15.5 Å². The zero-order valence-electron chi connectivity index (χ0n) is 14.6. The van der Waals surface area contributed by atoms with Gasteiger partial charge < -0.3 is 19.1 Å². The van der Waals surface area contributed by atoms with Crippen molar-refractivity contribution in [3.63, 3.8) is 0 Å². The lowest BCUT2D eigenvalue weighted by Crippen LogP contribution is -2.33. The van der Waals surface area contributed by atoms with Gasteiger partial charge in [-0.2, -0.15) is 4.98 Å². The zero-order valence-corrected chi connectivity index (χ0v) is 15.4. The summed E-state index contributed by atoms with van der Waals surface area (Å²) >= 11 is 5.90. The second-order valence-electron chi connectivity index (χ2n) is 6.39. The van der Waals surface area contributed by atoms with Crippen LogP contribution in [0.15, 0.2) is 47.1 Å². The largest absolute Gasteiger partial charge is 0.376 e. The van der Waals surface area contributed by atoms with Crippen LogP contribution in [0.4, 0.5) is 0 Å². The van der Waals surface area contributed by atoms with Crippen LogP contribution in [0.25, 0.3) is 11.5 Å². The monoisotopic (exact) mass is 386 g/mol. The molecular weight excluding hydrogens is 368 g/mol. The van der Waals surface area contributed by atoms with Crippen LogP contribution in [0.2, 0.25) is 5.02 Å². The van der Waals surface area contributed by atoms with Gasteiger partial charge in [-0.05, 0) is 49.2 Å². The average Bonchev–Trinajstić information content (AvgIpc) is 3.43. The van der Waals surface area contributed by atoms with Gasteiger partial charge in [0.15, 0.2) is 5.82 Å². The van der Waals surface area contributed by atoms with Crippen LogP contribution >= 0.6 is 11.6 Å². The second-order valence-corrected chi connectivity index (χ2v) is 6.83. The maximum atomic E-state index is 12.5. The molecule has 140 valence electrons. The van der Waals surface area contributed by atoms with Gasteiger partial charge in [0.05, 0.1) is 12.6 Å². The minimum Gasteiger partial charge on any atom is -0.376 e. The van der Waals surface area contributed by atoms with E-state index >= 15 is 0 Å². The SMILES string of the molecule is O=C(NCC1CCCO1)c1cccn1Cc1noc(-c2ccc(Cl)cc2)n1. The Kier molecular flexibility index (Phi) is 5.22. The Morgan fingerprint density at radius 1 is 1.30 bits per heavy atom. The minimum absolute atomic E-state index is 0.108. The van der Waals surface area contributed by atoms with E-state index in [9.17, 15) is 4.79 Å². The van der Waals surface area contributed by atoms with Crippen molar-refractivity contribution in [1.29, 1.82) is 0 Å². The third-order valence-electron chi connectivity index (χ3n) is 4.45. The third-order valence-corrected chi connectivity index (χ3v) is 4.70. The molecule has 1 amide bonds. The van der Waals surface area contributed by atoms with Crippen LogP contribution in [0.1, 0.15) is 29.2 Å². The fourth-order valence-corrected chi connectivity index (χ4v) is 3.17. The predicted octanol–water partition coefficient (Wildman–Crippen LogP) is 3.15. The quantitative estimate of drug-likeness (QED) is 0.703. The van der Waals surface area contributed by atoms with Crippen LogP contribution in [-0.4, -0.2) is 39.9 Å². The van der Waals surface area contributed by atoms with Crippen LogP contribution in [0, 0.1) is 0 Å². The van der Waals surface area contributed by atoms with E-state index in [-0.39, 0.29) is 12.0 Å². The number of rotatable bonds is 6. The zero-order chi connectivity index (χ0) is 18.6. The van der Waals surface area contributed by atoms with E-state index < -0.39 is 0 Å². The van der Waals surface area contributed by atoms with Crippen molar-refractivity contribution in [3.05, 3.63) is 59.1 Å². The smallest absolute Gasteiger partial charge is 0.268 e. The van der Waals surface area contributed by atoms with Crippen LogP contribution in [0.5, 0.6) is 0 Å². The van der Waals surface area contributed by atoms with Gasteiger partial charge in [-0.3, -0.25) is 4.79 Å². The molecule has 2 aromatic heterocycles. The summed E-state index contributed by atoms with van der Waals surface area (Å²) in [5.41, 5.74) is 1.34. The van der Waals surface area contributed by atoms with Gasteiger partial charge in [0.1, 0.15) is 5.69 Å². The maximum Gasteiger partial charge on any atom is 0.268 e. The molecule has 3 aromatic rings. The number of hydrogen-bond acceptors (Lipinski definition) is 5. The molecule has 1 aliphatic rings. The van der Waals surface area contributed by atoms with Gasteiger partial charge in [-0.15, -0.1) is 0 Å². The van der Waals surface area contributed by atoms with Crippen molar-refractivity contribution < 1.29 is 14.1 Å². The van der Waals surface area contributed by atoms with E-state index in [0.717, 1.165) is 25.0 Å². The number of halogens is 1. The second kappa shape index (κ2) is 7.94. The van der Waals surface area contributed by atoms with Gasteiger partial charge >= 0.3 is 0 Å². The lowest BCUT2D eigenvalue weighted by Gasteiger charge is -2.12. The van der Waals surface area contributed by atoms with Crippen LogP contribution in [-0.2, 0) is 11.3 Å². The Morgan fingerprint density at radius 2 is 2.15 bits per heavy atom. The number of aromatic nitrogens is 3. The number of amides is 1. The molecule has 8 heteroatoms. The normalized spacial score (nSPS) is 16.6. The summed E-state index contributed by atoms with van der Waals surface area (Å²) in [6.45, 7) is 1.63. The molecule has 0 aliphatic carbocycles. The Morgan fingerprint density at radius 3 is 2.93 bits per heavy atom. The average molecular weight is 387 g/mol. The first kappa shape index (κ1) is 17.8. The third kappa shape index (κ3) is 4.20. The molecule has 4 rings (SSSR count). The summed E-state index contributed by atoms with van der Waals surface area (Å²) in [4.78, 5) is 16.9. The number of nitrogens with one attached hydrogen (secondary N) is 1. The summed E-state index contributed by atoms with van der Waals surface area (Å²) in [7, 11) is 0. The molecule has 1 N–H and O–H groups in total. The summed E-state index contributed by atoms with van der Waals surface area (Å²) in [6, 6.07) is 10.8. The highest BCUT2D eigenvalue weighted by Gasteiger charge is 2.18. The molecule has 3 heterocycles. The standard InChI is InChI=1S/C19H19ClN4O3/c20-14-7-5-13(6-8-14)19-22-17(23-27-19)12-24-9-1-4-16(24)18(25)21-11-15-3-2-10-26-15/h1,4-9,15H,2-3,10-12H2,(H,21,25). The van der Waals surface area contributed by atoms with Crippen molar-refractivity contribution in [1.82, 2.24) is 20.0 Å². The maximum absolute atomic E-state index is 12.5. The van der Waals surface area contributed by atoms with Crippen molar-refractivity contribution in [3.8, 4) is 11.5 Å². The van der Waals surface area contributed by atoms with E-state index in [1.165, 1.54) is 0 Å². The highest BCUT2D eigenvalue weighted by molar-refractivity contribution is 6.30. The first-order valence-corrected chi connectivity index (χ1v) is 9.20. The van der Waals surface area contributed by atoms with Crippen molar-refractivity contribution >= 4 is 17.5 Å². The predicted molar refractivity (Wildman–Crippen MR) is 99.6 cm³/mol. The Labute approximate surface area is 161 Å². The number of carbonyl (C=O) groups is 1. The molecule has 1 saturated heterocycles. The summed E-state index contributed by atoms with van der Waals surface area (Å²) in [6.07, 6.45) is 3.96. The van der Waals surface area contributed by atoms with Gasteiger partial charge in [0.2, 0.25) is 0 Å². The number of benzene rings is 1. The number of carbonyl (C=O) groups excluding carboxylic acids is 1. The van der Waals surface area contributed by atoms with E-state index in [0.29, 0.717) is 35.5 Å². The molecule has 1 unspecified atom stereocenters. The topological polar surface area (TPSA) is 82.2 Å². The minimum atomic E-state index is -0.142. The molecule has 1 aromatic carbocycles. The Hall–Kier alpha value is -2.64. The molecule has 0 radical (unpaired) electrons. The Balaban J connectivity index is 1.42. The van der Waals surface area contributed by atoms with E-state index in [1.807, 2.05) is 24.4 Å². The summed E-state index contributed by atoms with van der Waals surface area (Å²) in [5.74, 6) is 0.763. The molecule has 1 aliphatic heterocycles. The van der Waals surface area contributed by atoms with Gasteiger partial charge in [-0.1, -0.05) is 16.8 Å². The van der Waals surface area contributed by atoms with Gasteiger partial charge in [-0.25, -0.2) is 0 Å². The molecule has 0 saturated carbocycles. The molecule has 1 atom stereocenters. The molecule has 0 bridgehead atoms. The fourth-order valence-electron chi connectivity index (χ4n) is 3.04. The summed E-state index contributed by atoms with van der Waals surface area (Å²) < 4.78 is 12.6. The highest BCUT2D eigenvalue weighted by atomic mass is 35.5. The van der Waals surface area contributed by atoms with E-state index in [1.54, 1.807) is 22.8 Å². The first-order chi connectivity index (χ1) is 13.2. The lowest BCUT2D eigenvalue weighted by atomic mass is 10.2. The van der Waals surface area contributed by atoms with Crippen molar-refractivity contribution in [2.24, 2.45) is 0 Å². The number of nitrogens with zero attached hydrogens (tertiary/aromatic N) is 3. The molecular formula is C19H19ClN4O3.